The Hall–Kier alpha value is -2.54. The Morgan fingerprint density at radius 3 is 2.74 bits per heavy atom. The van der Waals surface area contributed by atoms with Crippen molar-refractivity contribution in [3.63, 3.8) is 0 Å². The van der Waals surface area contributed by atoms with Gasteiger partial charge in [0.1, 0.15) is 11.4 Å². The molecule has 6 nitrogen and oxygen atoms in total. The summed E-state index contributed by atoms with van der Waals surface area (Å²) < 4.78 is 24.6. The summed E-state index contributed by atoms with van der Waals surface area (Å²) in [5, 5.41) is 0. The number of rotatable bonds is 5. The van der Waals surface area contributed by atoms with Crippen molar-refractivity contribution in [1.82, 2.24) is 14.9 Å². The van der Waals surface area contributed by atoms with Crippen LogP contribution >= 0.6 is 0 Å². The van der Waals surface area contributed by atoms with Gasteiger partial charge in [0.25, 0.3) is 5.91 Å². The maximum absolute atomic E-state index is 13.0. The molecule has 142 valence electrons. The normalized spacial score (nSPS) is 20.9. The van der Waals surface area contributed by atoms with E-state index in [-0.39, 0.29) is 17.3 Å². The van der Waals surface area contributed by atoms with Gasteiger partial charge < -0.3 is 14.4 Å². The van der Waals surface area contributed by atoms with Crippen molar-refractivity contribution in [1.29, 1.82) is 0 Å². The summed E-state index contributed by atoms with van der Waals surface area (Å²) in [5.41, 5.74) is 0.261. The van der Waals surface area contributed by atoms with E-state index in [1.54, 1.807) is 23.4 Å². The van der Waals surface area contributed by atoms with Crippen LogP contribution in [0.15, 0.2) is 42.7 Å². The molecule has 1 spiro atoms. The summed E-state index contributed by atoms with van der Waals surface area (Å²) >= 11 is 0. The summed E-state index contributed by atoms with van der Waals surface area (Å²) in [6, 6.07) is 7.83. The molecule has 2 fully saturated rings. The van der Waals surface area contributed by atoms with E-state index in [2.05, 4.69) is 9.97 Å². The van der Waals surface area contributed by atoms with Crippen molar-refractivity contribution in [2.24, 2.45) is 5.92 Å². The van der Waals surface area contributed by atoms with Gasteiger partial charge in [-0.25, -0.2) is 14.4 Å². The predicted octanol–water partition coefficient (Wildman–Crippen LogP) is 2.71. The van der Waals surface area contributed by atoms with Gasteiger partial charge in [-0.05, 0) is 55.5 Å². The molecule has 4 rings (SSSR count). The van der Waals surface area contributed by atoms with E-state index in [9.17, 15) is 9.18 Å². The fourth-order valence-corrected chi connectivity index (χ4v) is 3.84. The lowest BCUT2D eigenvalue weighted by molar-refractivity contribution is -0.166. The van der Waals surface area contributed by atoms with Crippen LogP contribution in [0.25, 0.3) is 0 Å². The van der Waals surface area contributed by atoms with Crippen LogP contribution in [0.5, 0.6) is 6.01 Å². The molecule has 3 heterocycles. The van der Waals surface area contributed by atoms with Gasteiger partial charge in [0.05, 0.1) is 19.7 Å². The Bertz CT molecular complexity index is 779. The van der Waals surface area contributed by atoms with E-state index < -0.39 is 0 Å². The fourth-order valence-electron chi connectivity index (χ4n) is 3.84. The van der Waals surface area contributed by atoms with Crippen LogP contribution in [0.1, 0.15) is 29.6 Å². The van der Waals surface area contributed by atoms with Crippen molar-refractivity contribution >= 4 is 5.91 Å². The summed E-state index contributed by atoms with van der Waals surface area (Å²) in [6.45, 7) is 2.44. The van der Waals surface area contributed by atoms with Crippen LogP contribution in [0.4, 0.5) is 4.39 Å². The largest absolute Gasteiger partial charge is 0.463 e. The van der Waals surface area contributed by atoms with Crippen LogP contribution in [0, 0.1) is 11.7 Å². The first-order valence-corrected chi connectivity index (χ1v) is 9.22. The van der Waals surface area contributed by atoms with Gasteiger partial charge in [-0.3, -0.25) is 4.79 Å². The lowest BCUT2D eigenvalue weighted by Crippen LogP contribution is -2.66. The van der Waals surface area contributed by atoms with Gasteiger partial charge in [-0.15, -0.1) is 0 Å². The highest BCUT2D eigenvalue weighted by Gasteiger charge is 2.49. The first-order valence-electron chi connectivity index (χ1n) is 9.22. The quantitative estimate of drug-likeness (QED) is 0.809. The molecule has 1 unspecified atom stereocenters. The standard InChI is InChI=1S/C20H22FN3O3/c21-17-4-2-16(3-5-17)18(25)24-13-20(14-24)12-15(7-11-27-20)6-10-26-19-22-8-1-9-23-19/h1-5,8-9,15H,6-7,10-14H2. The third-order valence-electron chi connectivity index (χ3n) is 5.23. The SMILES string of the molecule is O=C(c1ccc(F)cc1)N1CC2(CC(CCOc3ncccn3)CCO2)C1. The van der Waals surface area contributed by atoms with Gasteiger partial charge in [-0.1, -0.05) is 0 Å². The molecule has 1 atom stereocenters. The highest BCUT2D eigenvalue weighted by molar-refractivity contribution is 5.94. The monoisotopic (exact) mass is 371 g/mol. The number of carbonyl (C=O) groups is 1. The number of amides is 1. The van der Waals surface area contributed by atoms with Gasteiger partial charge in [0.2, 0.25) is 0 Å². The number of nitrogens with zero attached hydrogens (tertiary/aromatic N) is 3. The lowest BCUT2D eigenvalue weighted by Gasteiger charge is -2.53. The number of hydrogen-bond acceptors (Lipinski definition) is 5. The zero-order valence-electron chi connectivity index (χ0n) is 15.0. The van der Waals surface area contributed by atoms with E-state index in [0.717, 1.165) is 19.3 Å². The average molecular weight is 371 g/mol. The topological polar surface area (TPSA) is 64.6 Å². The van der Waals surface area contributed by atoms with Crippen LogP contribution in [0.2, 0.25) is 0 Å². The number of benzene rings is 1. The minimum Gasteiger partial charge on any atom is -0.463 e. The summed E-state index contributed by atoms with van der Waals surface area (Å²) in [5.74, 6) is 0.0784. The zero-order valence-corrected chi connectivity index (χ0v) is 15.0. The third kappa shape index (κ3) is 4.08. The van der Waals surface area contributed by atoms with E-state index in [1.165, 1.54) is 24.3 Å². The number of aromatic nitrogens is 2. The van der Waals surface area contributed by atoms with Crippen molar-refractivity contribution < 1.29 is 18.7 Å². The molecule has 2 aliphatic rings. The number of likely N-dealkylation sites (tertiary alicyclic amines) is 1. The second-order valence-electron chi connectivity index (χ2n) is 7.23. The fraction of sp³-hybridized carbons (Fsp3) is 0.450. The van der Waals surface area contributed by atoms with Crippen LogP contribution in [-0.4, -0.2) is 52.7 Å². The van der Waals surface area contributed by atoms with E-state index >= 15 is 0 Å². The third-order valence-corrected chi connectivity index (χ3v) is 5.23. The molecule has 0 saturated carbocycles. The van der Waals surface area contributed by atoms with Gasteiger partial charge in [0, 0.05) is 24.6 Å². The molecule has 2 aliphatic heterocycles. The summed E-state index contributed by atoms with van der Waals surface area (Å²) in [7, 11) is 0. The van der Waals surface area contributed by atoms with E-state index in [1.807, 2.05) is 0 Å². The molecule has 0 bridgehead atoms. The number of hydrogen-bond donors (Lipinski definition) is 0. The molecular formula is C20H22FN3O3. The predicted molar refractivity (Wildman–Crippen MR) is 95.9 cm³/mol. The Kier molecular flexibility index (Phi) is 5.03. The molecule has 2 aromatic rings. The second-order valence-corrected chi connectivity index (χ2v) is 7.23. The van der Waals surface area contributed by atoms with E-state index in [0.29, 0.717) is 43.8 Å². The van der Waals surface area contributed by atoms with Crippen molar-refractivity contribution in [3.05, 3.63) is 54.1 Å². The molecule has 0 N–H and O–H groups in total. The van der Waals surface area contributed by atoms with Crippen molar-refractivity contribution in [3.8, 4) is 6.01 Å². The molecular weight excluding hydrogens is 349 g/mol. The Morgan fingerprint density at radius 2 is 2.00 bits per heavy atom. The summed E-state index contributed by atoms with van der Waals surface area (Å²) in [6.07, 6.45) is 6.14. The smallest absolute Gasteiger partial charge is 0.316 e. The van der Waals surface area contributed by atoms with Gasteiger partial charge in [0.15, 0.2) is 0 Å². The van der Waals surface area contributed by atoms with Crippen molar-refractivity contribution in [2.75, 3.05) is 26.3 Å². The summed E-state index contributed by atoms with van der Waals surface area (Å²) in [4.78, 5) is 22.4. The lowest BCUT2D eigenvalue weighted by atomic mass is 9.79. The first kappa shape index (κ1) is 17.9. The van der Waals surface area contributed by atoms with Crippen LogP contribution < -0.4 is 4.74 Å². The first-order chi connectivity index (χ1) is 13.1. The number of halogens is 1. The Balaban J connectivity index is 1.26. The van der Waals surface area contributed by atoms with E-state index in [4.69, 9.17) is 9.47 Å². The second kappa shape index (κ2) is 7.60. The molecule has 0 aliphatic carbocycles. The van der Waals surface area contributed by atoms with Gasteiger partial charge in [-0.2, -0.15) is 0 Å². The molecule has 1 aromatic heterocycles. The number of ether oxygens (including phenoxy) is 2. The maximum Gasteiger partial charge on any atom is 0.316 e. The van der Waals surface area contributed by atoms with Gasteiger partial charge >= 0.3 is 6.01 Å². The Labute approximate surface area is 157 Å². The zero-order chi connectivity index (χ0) is 18.7. The molecule has 2 saturated heterocycles. The molecule has 0 radical (unpaired) electrons. The maximum atomic E-state index is 13.0. The van der Waals surface area contributed by atoms with Crippen LogP contribution in [-0.2, 0) is 4.74 Å². The molecule has 27 heavy (non-hydrogen) atoms. The van der Waals surface area contributed by atoms with Crippen molar-refractivity contribution in [2.45, 2.75) is 24.9 Å². The molecule has 7 heteroatoms. The minimum absolute atomic E-state index is 0.0732. The number of carbonyl (C=O) groups excluding carboxylic acids is 1. The Morgan fingerprint density at radius 1 is 1.26 bits per heavy atom. The highest BCUT2D eigenvalue weighted by atomic mass is 19.1. The minimum atomic E-state index is -0.340. The molecule has 1 aromatic carbocycles. The highest BCUT2D eigenvalue weighted by Crippen LogP contribution is 2.38. The average Bonchev–Trinajstić information content (AvgIpc) is 2.67. The molecule has 1 amide bonds. The van der Waals surface area contributed by atoms with Crippen LogP contribution in [0.3, 0.4) is 0 Å².